The van der Waals surface area contributed by atoms with E-state index < -0.39 is 29.7 Å². The van der Waals surface area contributed by atoms with Crippen molar-refractivity contribution in [2.45, 2.75) is 45.2 Å². The molecule has 2 atom stereocenters. The number of benzene rings is 2. The van der Waals surface area contributed by atoms with Gasteiger partial charge in [-0.15, -0.1) is 0 Å². The summed E-state index contributed by atoms with van der Waals surface area (Å²) >= 11 is 0. The van der Waals surface area contributed by atoms with E-state index in [1.54, 1.807) is 37.8 Å². The van der Waals surface area contributed by atoms with Crippen molar-refractivity contribution in [3.05, 3.63) is 59.9 Å². The van der Waals surface area contributed by atoms with Gasteiger partial charge in [-0.3, -0.25) is 0 Å². The highest BCUT2D eigenvalue weighted by atomic mass is 19.1. The third-order valence-corrected chi connectivity index (χ3v) is 6.18. The topological polar surface area (TPSA) is 91.8 Å². The molecule has 1 N–H and O–H groups in total. The second-order valence-corrected chi connectivity index (χ2v) is 10.2. The molecule has 2 saturated heterocycles. The minimum absolute atomic E-state index is 0.0816. The first kappa shape index (κ1) is 26.5. The lowest BCUT2D eigenvalue weighted by atomic mass is 10.2. The quantitative estimate of drug-likeness (QED) is 0.650. The molecule has 2 heterocycles. The zero-order valence-corrected chi connectivity index (χ0v) is 21.4. The number of aliphatic hydroxyl groups is 1. The molecule has 0 bridgehead atoms. The van der Waals surface area contributed by atoms with Crippen LogP contribution in [0.15, 0.2) is 48.5 Å². The first-order chi connectivity index (χ1) is 17.6. The normalized spacial score (nSPS) is 20.1. The van der Waals surface area contributed by atoms with Gasteiger partial charge in [0.1, 0.15) is 36.0 Å². The maximum absolute atomic E-state index is 15.0. The number of ether oxygens (including phenoxy) is 3. The molecule has 2 aliphatic rings. The first-order valence-electron chi connectivity index (χ1n) is 12.4. The Balaban J connectivity index is 1.27. The summed E-state index contributed by atoms with van der Waals surface area (Å²) in [7, 11) is 0. The average Bonchev–Trinajstić information content (AvgIpc) is 3.22. The van der Waals surface area contributed by atoms with Crippen molar-refractivity contribution < 1.29 is 33.3 Å². The third kappa shape index (κ3) is 7.03. The van der Waals surface area contributed by atoms with E-state index >= 15 is 0 Å². The van der Waals surface area contributed by atoms with Crippen LogP contribution in [0, 0.1) is 5.82 Å². The van der Waals surface area contributed by atoms with E-state index in [0.717, 1.165) is 5.56 Å². The summed E-state index contributed by atoms with van der Waals surface area (Å²) in [5.41, 5.74) is 0.682. The molecular formula is C27H34FN3O6. The van der Waals surface area contributed by atoms with Crippen molar-refractivity contribution in [3.8, 4) is 5.75 Å². The molecule has 2 aromatic carbocycles. The Bertz CT molecular complexity index is 1090. The number of rotatable bonds is 5. The van der Waals surface area contributed by atoms with Crippen molar-refractivity contribution in [2.75, 3.05) is 44.2 Å². The maximum atomic E-state index is 15.0. The molecule has 9 nitrogen and oxygen atoms in total. The van der Waals surface area contributed by atoms with E-state index in [9.17, 15) is 19.1 Å². The number of likely N-dealkylation sites (tertiary alicyclic amines) is 1. The Morgan fingerprint density at radius 2 is 1.68 bits per heavy atom. The fraction of sp³-hybridized carbons (Fsp3) is 0.481. The van der Waals surface area contributed by atoms with Gasteiger partial charge in [-0.2, -0.15) is 0 Å². The van der Waals surface area contributed by atoms with Crippen LogP contribution in [0.1, 0.15) is 26.3 Å². The van der Waals surface area contributed by atoms with Crippen LogP contribution in [0.25, 0.3) is 0 Å². The summed E-state index contributed by atoms with van der Waals surface area (Å²) in [5, 5.41) is 10.3. The van der Waals surface area contributed by atoms with Gasteiger partial charge in [0.05, 0.1) is 18.8 Å². The van der Waals surface area contributed by atoms with Crippen molar-refractivity contribution in [1.82, 2.24) is 9.80 Å². The lowest BCUT2D eigenvalue weighted by Crippen LogP contribution is -2.49. The van der Waals surface area contributed by atoms with Crippen molar-refractivity contribution in [3.63, 3.8) is 0 Å². The Labute approximate surface area is 216 Å². The Hall–Kier alpha value is -3.53. The lowest BCUT2D eigenvalue weighted by molar-refractivity contribution is 0.0268. The standard InChI is InChI=1S/C27H34FN3O6/c1-27(2,3)37-26(34)31-16-23(32)24(17-31)36-20-9-10-22(21(28)15-20)29-11-13-30(14-12-29)25(33)35-18-19-7-5-4-6-8-19/h4-10,15,23-24,32H,11-14,16-18H2,1-3H3. The van der Waals surface area contributed by atoms with Crippen molar-refractivity contribution in [2.24, 2.45) is 0 Å². The van der Waals surface area contributed by atoms with E-state index in [4.69, 9.17) is 14.2 Å². The molecule has 200 valence electrons. The molecular weight excluding hydrogens is 481 g/mol. The highest BCUT2D eigenvalue weighted by molar-refractivity contribution is 5.69. The Morgan fingerprint density at radius 3 is 2.32 bits per heavy atom. The minimum atomic E-state index is -0.912. The molecule has 0 aliphatic carbocycles. The molecule has 2 amide bonds. The van der Waals surface area contributed by atoms with Crippen LogP contribution in [0.5, 0.6) is 5.75 Å². The Morgan fingerprint density at radius 1 is 0.973 bits per heavy atom. The second-order valence-electron chi connectivity index (χ2n) is 10.2. The molecule has 10 heteroatoms. The molecule has 0 saturated carbocycles. The van der Waals surface area contributed by atoms with Crippen LogP contribution in [-0.2, 0) is 16.1 Å². The van der Waals surface area contributed by atoms with Crippen LogP contribution in [0.4, 0.5) is 19.7 Å². The number of hydrogen-bond donors (Lipinski definition) is 1. The maximum Gasteiger partial charge on any atom is 0.410 e. The third-order valence-electron chi connectivity index (χ3n) is 6.18. The number of nitrogens with zero attached hydrogens (tertiary/aromatic N) is 3. The monoisotopic (exact) mass is 515 g/mol. The molecule has 2 aromatic rings. The van der Waals surface area contributed by atoms with E-state index in [1.807, 2.05) is 35.2 Å². The van der Waals surface area contributed by atoms with E-state index in [1.165, 1.54) is 11.0 Å². The van der Waals surface area contributed by atoms with Crippen LogP contribution < -0.4 is 9.64 Å². The van der Waals surface area contributed by atoms with Gasteiger partial charge in [0.2, 0.25) is 0 Å². The summed E-state index contributed by atoms with van der Waals surface area (Å²) < 4.78 is 31.5. The number of hydrogen-bond acceptors (Lipinski definition) is 7. The summed E-state index contributed by atoms with van der Waals surface area (Å²) in [6.45, 7) is 7.50. The average molecular weight is 516 g/mol. The van der Waals surface area contributed by atoms with E-state index in [0.29, 0.717) is 31.9 Å². The van der Waals surface area contributed by atoms with Gasteiger partial charge in [0.25, 0.3) is 0 Å². The molecule has 0 radical (unpaired) electrons. The summed E-state index contributed by atoms with van der Waals surface area (Å²) in [5.74, 6) is -0.200. The number of halogens is 1. The van der Waals surface area contributed by atoms with Crippen LogP contribution in [0.3, 0.4) is 0 Å². The number of aliphatic hydroxyl groups excluding tert-OH is 1. The molecule has 4 rings (SSSR count). The zero-order chi connectivity index (χ0) is 26.6. The highest BCUT2D eigenvalue weighted by Crippen LogP contribution is 2.27. The number of piperazine rings is 1. The van der Waals surface area contributed by atoms with Gasteiger partial charge in [-0.05, 0) is 38.5 Å². The van der Waals surface area contributed by atoms with Gasteiger partial charge in [-0.1, -0.05) is 30.3 Å². The van der Waals surface area contributed by atoms with Crippen LogP contribution >= 0.6 is 0 Å². The first-order valence-corrected chi connectivity index (χ1v) is 12.4. The summed E-state index contributed by atoms with van der Waals surface area (Å²) in [4.78, 5) is 29.5. The molecule has 2 aliphatic heterocycles. The molecule has 2 unspecified atom stereocenters. The van der Waals surface area contributed by atoms with E-state index in [-0.39, 0.29) is 31.5 Å². The number of β-amino-alcohol motifs (C(OH)–C–C–N with tert-alkyl or cyclic N) is 1. The SMILES string of the molecule is CC(C)(C)OC(=O)N1CC(O)C(Oc2ccc(N3CCN(C(=O)OCc4ccccc4)CC3)c(F)c2)C1. The van der Waals surface area contributed by atoms with Gasteiger partial charge < -0.3 is 34.0 Å². The predicted octanol–water partition coefficient (Wildman–Crippen LogP) is 3.64. The fourth-order valence-corrected chi connectivity index (χ4v) is 4.28. The zero-order valence-electron chi connectivity index (χ0n) is 21.4. The molecule has 37 heavy (non-hydrogen) atoms. The van der Waals surface area contributed by atoms with Gasteiger partial charge in [0, 0.05) is 32.2 Å². The summed E-state index contributed by atoms with van der Waals surface area (Å²) in [6, 6.07) is 14.0. The summed E-state index contributed by atoms with van der Waals surface area (Å²) in [6.07, 6.45) is -2.52. The number of amides is 2. The molecule has 0 spiro atoms. The second kappa shape index (κ2) is 11.2. The van der Waals surface area contributed by atoms with Gasteiger partial charge in [0.15, 0.2) is 0 Å². The number of anilines is 1. The largest absolute Gasteiger partial charge is 0.486 e. The molecule has 2 fully saturated rings. The molecule has 0 aromatic heterocycles. The van der Waals surface area contributed by atoms with Crippen LogP contribution in [0.2, 0.25) is 0 Å². The predicted molar refractivity (Wildman–Crippen MR) is 135 cm³/mol. The van der Waals surface area contributed by atoms with Crippen molar-refractivity contribution in [1.29, 1.82) is 0 Å². The lowest BCUT2D eigenvalue weighted by Gasteiger charge is -2.35. The minimum Gasteiger partial charge on any atom is -0.486 e. The number of carbonyl (C=O) groups is 2. The van der Waals surface area contributed by atoms with Gasteiger partial charge >= 0.3 is 12.2 Å². The number of carbonyl (C=O) groups excluding carboxylic acids is 2. The van der Waals surface area contributed by atoms with E-state index in [2.05, 4.69) is 0 Å². The van der Waals surface area contributed by atoms with Crippen LogP contribution in [-0.4, -0.2) is 84.2 Å². The van der Waals surface area contributed by atoms with Gasteiger partial charge in [-0.25, -0.2) is 14.0 Å². The highest BCUT2D eigenvalue weighted by Gasteiger charge is 2.37. The Kier molecular flexibility index (Phi) is 8.06. The smallest absolute Gasteiger partial charge is 0.410 e. The van der Waals surface area contributed by atoms with Crippen molar-refractivity contribution >= 4 is 17.9 Å². The fourth-order valence-electron chi connectivity index (χ4n) is 4.28.